The summed E-state index contributed by atoms with van der Waals surface area (Å²) in [7, 11) is 0. The molecule has 3 rings (SSSR count). The first kappa shape index (κ1) is 21.0. The summed E-state index contributed by atoms with van der Waals surface area (Å²) in [5.41, 5.74) is 1.96. The van der Waals surface area contributed by atoms with Gasteiger partial charge in [0.2, 0.25) is 0 Å². The minimum absolute atomic E-state index is 0.162. The van der Waals surface area contributed by atoms with Crippen LogP contribution in [0.15, 0.2) is 60.7 Å². The molecule has 0 spiro atoms. The summed E-state index contributed by atoms with van der Waals surface area (Å²) < 4.78 is 10.7. The molecular weight excluding hydrogens is 368 g/mol. The molecule has 1 aliphatic rings. The van der Waals surface area contributed by atoms with Crippen LogP contribution in [0.3, 0.4) is 0 Å². The van der Waals surface area contributed by atoms with Crippen LogP contribution in [-0.2, 0) is 32.3 Å². The maximum Gasteiger partial charge on any atom is 0.320 e. The lowest BCUT2D eigenvalue weighted by molar-refractivity contribution is -0.150. The molecule has 0 saturated carbocycles. The highest BCUT2D eigenvalue weighted by atomic mass is 16.5. The molecule has 1 saturated heterocycles. The Balaban J connectivity index is 1.36. The van der Waals surface area contributed by atoms with Gasteiger partial charge in [-0.2, -0.15) is 0 Å². The van der Waals surface area contributed by atoms with Crippen LogP contribution in [0.25, 0.3) is 0 Å². The lowest BCUT2D eigenvalue weighted by Crippen LogP contribution is -2.54. The highest BCUT2D eigenvalue weighted by Gasteiger charge is 2.27. The van der Waals surface area contributed by atoms with Crippen molar-refractivity contribution in [3.8, 4) is 0 Å². The number of carbonyl (C=O) groups excluding carboxylic acids is 2. The van der Waals surface area contributed by atoms with E-state index >= 15 is 0 Å². The standard InChI is InChI=1S/C23H28N2O4/c1-19-14-24(15-22(26)28-17-20-8-4-2-5-9-20)12-13-25(19)16-23(27)29-18-21-10-6-3-7-11-21/h2-11,19H,12-18H2,1H3. The lowest BCUT2D eigenvalue weighted by Gasteiger charge is -2.38. The van der Waals surface area contributed by atoms with Crippen LogP contribution in [0.2, 0.25) is 0 Å². The highest BCUT2D eigenvalue weighted by molar-refractivity contribution is 5.72. The SMILES string of the molecule is CC1CN(CC(=O)OCc2ccccc2)CCN1CC(=O)OCc1ccccc1. The minimum Gasteiger partial charge on any atom is -0.460 e. The van der Waals surface area contributed by atoms with Gasteiger partial charge >= 0.3 is 11.9 Å². The maximum atomic E-state index is 12.2. The molecule has 6 heteroatoms. The van der Waals surface area contributed by atoms with Crippen molar-refractivity contribution in [1.29, 1.82) is 0 Å². The molecule has 0 aromatic heterocycles. The van der Waals surface area contributed by atoms with Crippen molar-refractivity contribution < 1.29 is 19.1 Å². The average Bonchev–Trinajstić information content (AvgIpc) is 2.74. The van der Waals surface area contributed by atoms with Crippen LogP contribution >= 0.6 is 0 Å². The van der Waals surface area contributed by atoms with Gasteiger partial charge in [-0.25, -0.2) is 0 Å². The Labute approximate surface area is 172 Å². The summed E-state index contributed by atoms with van der Waals surface area (Å²) in [5.74, 6) is -0.451. The van der Waals surface area contributed by atoms with Crippen molar-refractivity contribution in [2.75, 3.05) is 32.7 Å². The second-order valence-electron chi connectivity index (χ2n) is 7.35. The van der Waals surface area contributed by atoms with E-state index in [4.69, 9.17) is 9.47 Å². The Morgan fingerprint density at radius 2 is 1.34 bits per heavy atom. The Hall–Kier alpha value is -2.70. The van der Waals surface area contributed by atoms with Gasteiger partial charge in [-0.15, -0.1) is 0 Å². The monoisotopic (exact) mass is 396 g/mol. The third-order valence-corrected chi connectivity index (χ3v) is 5.02. The quantitative estimate of drug-likeness (QED) is 0.639. The normalized spacial score (nSPS) is 17.6. The van der Waals surface area contributed by atoms with E-state index < -0.39 is 0 Å². The molecule has 0 N–H and O–H groups in total. The molecule has 1 heterocycles. The smallest absolute Gasteiger partial charge is 0.320 e. The van der Waals surface area contributed by atoms with Crippen molar-refractivity contribution in [3.05, 3.63) is 71.8 Å². The van der Waals surface area contributed by atoms with Gasteiger partial charge in [0.1, 0.15) is 13.2 Å². The van der Waals surface area contributed by atoms with Crippen LogP contribution in [-0.4, -0.2) is 60.5 Å². The predicted molar refractivity (Wildman–Crippen MR) is 110 cm³/mol. The van der Waals surface area contributed by atoms with Gasteiger partial charge in [0.05, 0.1) is 13.1 Å². The number of nitrogens with zero attached hydrogens (tertiary/aromatic N) is 2. The topological polar surface area (TPSA) is 59.1 Å². The molecule has 0 radical (unpaired) electrons. The predicted octanol–water partition coefficient (Wildman–Crippen LogP) is 2.48. The van der Waals surface area contributed by atoms with Crippen LogP contribution < -0.4 is 0 Å². The van der Waals surface area contributed by atoms with E-state index in [0.717, 1.165) is 17.7 Å². The molecule has 1 unspecified atom stereocenters. The van der Waals surface area contributed by atoms with Crippen molar-refractivity contribution in [2.45, 2.75) is 26.2 Å². The molecule has 1 aliphatic heterocycles. The van der Waals surface area contributed by atoms with Crippen LogP contribution in [0, 0.1) is 0 Å². The van der Waals surface area contributed by atoms with Crippen LogP contribution in [0.4, 0.5) is 0 Å². The Morgan fingerprint density at radius 3 is 1.86 bits per heavy atom. The molecule has 2 aromatic carbocycles. The summed E-state index contributed by atoms with van der Waals surface area (Å²) >= 11 is 0. The van der Waals surface area contributed by atoms with Gasteiger partial charge in [0, 0.05) is 25.7 Å². The van der Waals surface area contributed by atoms with Gasteiger partial charge in [0.25, 0.3) is 0 Å². The van der Waals surface area contributed by atoms with Crippen molar-refractivity contribution in [3.63, 3.8) is 0 Å². The van der Waals surface area contributed by atoms with E-state index in [1.54, 1.807) is 0 Å². The van der Waals surface area contributed by atoms with E-state index in [9.17, 15) is 9.59 Å². The summed E-state index contributed by atoms with van der Waals surface area (Å²) in [6.45, 7) is 5.33. The Bertz CT molecular complexity index is 782. The van der Waals surface area contributed by atoms with E-state index in [1.165, 1.54) is 0 Å². The minimum atomic E-state index is -0.226. The molecule has 6 nitrogen and oxygen atoms in total. The largest absolute Gasteiger partial charge is 0.460 e. The van der Waals surface area contributed by atoms with Gasteiger partial charge in [-0.3, -0.25) is 19.4 Å². The number of ether oxygens (including phenoxy) is 2. The zero-order valence-electron chi connectivity index (χ0n) is 16.8. The third kappa shape index (κ3) is 7.00. The van der Waals surface area contributed by atoms with E-state index in [1.807, 2.05) is 60.7 Å². The number of hydrogen-bond donors (Lipinski definition) is 0. The van der Waals surface area contributed by atoms with Crippen molar-refractivity contribution >= 4 is 11.9 Å². The third-order valence-electron chi connectivity index (χ3n) is 5.02. The molecule has 0 amide bonds. The van der Waals surface area contributed by atoms with Gasteiger partial charge < -0.3 is 9.47 Å². The van der Waals surface area contributed by atoms with Gasteiger partial charge in [-0.05, 0) is 18.1 Å². The molecule has 1 atom stereocenters. The summed E-state index contributed by atoms with van der Waals surface area (Å²) in [6.07, 6.45) is 0. The number of piperazine rings is 1. The first-order chi connectivity index (χ1) is 14.1. The molecule has 1 fully saturated rings. The second-order valence-corrected chi connectivity index (χ2v) is 7.35. The molecule has 29 heavy (non-hydrogen) atoms. The zero-order valence-corrected chi connectivity index (χ0v) is 16.8. The number of hydrogen-bond acceptors (Lipinski definition) is 6. The zero-order chi connectivity index (χ0) is 20.5. The van der Waals surface area contributed by atoms with Crippen LogP contribution in [0.1, 0.15) is 18.1 Å². The van der Waals surface area contributed by atoms with Gasteiger partial charge in [0.15, 0.2) is 0 Å². The molecule has 0 aliphatic carbocycles. The maximum absolute atomic E-state index is 12.2. The molecule has 154 valence electrons. The fourth-order valence-corrected chi connectivity index (χ4v) is 3.36. The number of benzene rings is 2. The summed E-state index contributed by atoms with van der Waals surface area (Å²) in [4.78, 5) is 28.4. The van der Waals surface area contributed by atoms with E-state index in [2.05, 4.69) is 16.7 Å². The highest BCUT2D eigenvalue weighted by Crippen LogP contribution is 2.11. The molecule has 2 aromatic rings. The summed E-state index contributed by atoms with van der Waals surface area (Å²) in [6, 6.07) is 19.5. The fourth-order valence-electron chi connectivity index (χ4n) is 3.36. The van der Waals surface area contributed by atoms with Crippen LogP contribution in [0.5, 0.6) is 0 Å². The first-order valence-electron chi connectivity index (χ1n) is 9.95. The van der Waals surface area contributed by atoms with Crippen molar-refractivity contribution in [1.82, 2.24) is 9.80 Å². The number of rotatable bonds is 8. The Kier molecular flexibility index (Phi) is 7.78. The van der Waals surface area contributed by atoms with Gasteiger partial charge in [-0.1, -0.05) is 60.7 Å². The summed E-state index contributed by atoms with van der Waals surface area (Å²) in [5, 5.41) is 0. The van der Waals surface area contributed by atoms with E-state index in [-0.39, 0.29) is 31.1 Å². The second kappa shape index (κ2) is 10.7. The van der Waals surface area contributed by atoms with E-state index in [0.29, 0.717) is 26.3 Å². The Morgan fingerprint density at radius 1 is 0.828 bits per heavy atom. The number of carbonyl (C=O) groups is 2. The molecule has 0 bridgehead atoms. The average molecular weight is 396 g/mol. The lowest BCUT2D eigenvalue weighted by atomic mass is 10.2. The first-order valence-corrected chi connectivity index (χ1v) is 9.95. The fraction of sp³-hybridized carbons (Fsp3) is 0.391. The van der Waals surface area contributed by atoms with Crippen molar-refractivity contribution in [2.24, 2.45) is 0 Å². The molecular formula is C23H28N2O4. The number of esters is 2.